The van der Waals surface area contributed by atoms with Crippen molar-refractivity contribution in [3.8, 4) is 23.0 Å². The molecule has 32 heavy (non-hydrogen) atoms. The molecule has 3 aliphatic rings. The van der Waals surface area contributed by atoms with E-state index in [4.69, 9.17) is 18.9 Å². The molecule has 0 saturated carbocycles. The zero-order valence-corrected chi connectivity index (χ0v) is 19.0. The van der Waals surface area contributed by atoms with Crippen LogP contribution < -0.4 is 18.9 Å². The Morgan fingerprint density at radius 2 is 1.22 bits per heavy atom. The van der Waals surface area contributed by atoms with E-state index >= 15 is 0 Å². The summed E-state index contributed by atoms with van der Waals surface area (Å²) in [5, 5.41) is 0. The maximum atomic E-state index is 5.57. The SMILES string of the molecule is c1cc2c(cc1CCC(CCCN1CCCCC1)CCc1ccc3c(c1)OCO3)OCO2. The minimum absolute atomic E-state index is 0.341. The second-order valence-electron chi connectivity index (χ2n) is 9.36. The molecule has 0 amide bonds. The van der Waals surface area contributed by atoms with Crippen LogP contribution in [0.5, 0.6) is 23.0 Å². The fourth-order valence-electron chi connectivity index (χ4n) is 5.15. The minimum Gasteiger partial charge on any atom is -0.454 e. The van der Waals surface area contributed by atoms with Crippen molar-refractivity contribution in [2.24, 2.45) is 5.92 Å². The average Bonchev–Trinajstić information content (AvgIpc) is 3.49. The molecule has 5 rings (SSSR count). The van der Waals surface area contributed by atoms with Crippen LogP contribution in [-0.4, -0.2) is 38.1 Å². The van der Waals surface area contributed by atoms with Gasteiger partial charge in [0.2, 0.25) is 13.6 Å². The fraction of sp³-hybridized carbons (Fsp3) is 0.556. The lowest BCUT2D eigenvalue weighted by Crippen LogP contribution is -2.30. The molecule has 0 aliphatic carbocycles. The molecule has 1 saturated heterocycles. The van der Waals surface area contributed by atoms with Crippen molar-refractivity contribution >= 4 is 0 Å². The molecule has 0 bridgehead atoms. The van der Waals surface area contributed by atoms with Crippen LogP contribution in [0.1, 0.15) is 56.1 Å². The number of benzene rings is 2. The van der Waals surface area contributed by atoms with Gasteiger partial charge in [-0.05, 0) is 112 Å². The van der Waals surface area contributed by atoms with Gasteiger partial charge in [0, 0.05) is 0 Å². The van der Waals surface area contributed by atoms with Gasteiger partial charge in [-0.25, -0.2) is 0 Å². The first kappa shape index (κ1) is 21.4. The zero-order chi connectivity index (χ0) is 21.6. The number of hydrogen-bond donors (Lipinski definition) is 0. The van der Waals surface area contributed by atoms with E-state index < -0.39 is 0 Å². The minimum atomic E-state index is 0.341. The smallest absolute Gasteiger partial charge is 0.231 e. The normalized spacial score (nSPS) is 17.3. The van der Waals surface area contributed by atoms with Gasteiger partial charge in [0.05, 0.1) is 0 Å². The van der Waals surface area contributed by atoms with E-state index in [1.54, 1.807) is 0 Å². The van der Waals surface area contributed by atoms with Crippen molar-refractivity contribution < 1.29 is 18.9 Å². The van der Waals surface area contributed by atoms with Gasteiger partial charge in [-0.2, -0.15) is 0 Å². The summed E-state index contributed by atoms with van der Waals surface area (Å²) in [5.74, 6) is 4.24. The van der Waals surface area contributed by atoms with Gasteiger partial charge in [0.1, 0.15) is 0 Å². The Hall–Kier alpha value is -2.40. The van der Waals surface area contributed by atoms with Gasteiger partial charge < -0.3 is 23.8 Å². The number of hydrogen-bond acceptors (Lipinski definition) is 5. The van der Waals surface area contributed by atoms with Gasteiger partial charge in [-0.1, -0.05) is 18.6 Å². The molecular weight excluding hydrogens is 402 g/mol. The Labute approximate surface area is 191 Å². The van der Waals surface area contributed by atoms with E-state index in [-0.39, 0.29) is 0 Å². The highest BCUT2D eigenvalue weighted by atomic mass is 16.7. The molecule has 0 unspecified atom stereocenters. The second kappa shape index (κ2) is 10.5. The first-order valence-electron chi connectivity index (χ1n) is 12.3. The van der Waals surface area contributed by atoms with Gasteiger partial charge in [0.15, 0.2) is 23.0 Å². The van der Waals surface area contributed by atoms with Crippen molar-refractivity contribution in [3.63, 3.8) is 0 Å². The second-order valence-corrected chi connectivity index (χ2v) is 9.36. The molecule has 5 heteroatoms. The predicted molar refractivity (Wildman–Crippen MR) is 125 cm³/mol. The van der Waals surface area contributed by atoms with Gasteiger partial charge in [-0.15, -0.1) is 0 Å². The van der Waals surface area contributed by atoms with Crippen molar-refractivity contribution in [2.75, 3.05) is 33.2 Å². The molecule has 0 N–H and O–H groups in total. The molecule has 5 nitrogen and oxygen atoms in total. The van der Waals surface area contributed by atoms with Gasteiger partial charge in [-0.3, -0.25) is 0 Å². The van der Waals surface area contributed by atoms with Crippen LogP contribution in [0.4, 0.5) is 0 Å². The molecule has 172 valence electrons. The molecular formula is C27H35NO4. The molecule has 3 heterocycles. The zero-order valence-electron chi connectivity index (χ0n) is 19.0. The number of nitrogens with zero attached hydrogens (tertiary/aromatic N) is 1. The summed E-state index contributed by atoms with van der Waals surface area (Å²) in [6.07, 6.45) is 11.4. The average molecular weight is 438 g/mol. The standard InChI is InChI=1S/C27H35NO4/c1-2-14-28(15-3-1)16-4-5-21(6-8-22-10-12-24-26(17-22)31-19-29-24)7-9-23-11-13-25-27(18-23)32-20-30-25/h10-13,17-18,21H,1-9,14-16,19-20H2. The quantitative estimate of drug-likeness (QED) is 0.484. The largest absolute Gasteiger partial charge is 0.454 e. The number of fused-ring (bicyclic) bond motifs is 2. The van der Waals surface area contributed by atoms with Crippen LogP contribution in [-0.2, 0) is 12.8 Å². The van der Waals surface area contributed by atoms with E-state index in [1.165, 1.54) is 75.7 Å². The van der Waals surface area contributed by atoms with Crippen LogP contribution in [0, 0.1) is 5.92 Å². The Bertz CT molecular complexity index is 832. The van der Waals surface area contributed by atoms with Crippen LogP contribution in [0.3, 0.4) is 0 Å². The number of piperidine rings is 1. The third-order valence-corrected chi connectivity index (χ3v) is 7.09. The van der Waals surface area contributed by atoms with Crippen molar-refractivity contribution in [2.45, 2.75) is 57.8 Å². The summed E-state index contributed by atoms with van der Waals surface area (Å²) in [6, 6.07) is 12.8. The van der Waals surface area contributed by atoms with Crippen molar-refractivity contribution in [3.05, 3.63) is 47.5 Å². The van der Waals surface area contributed by atoms with Crippen molar-refractivity contribution in [1.82, 2.24) is 4.90 Å². The molecule has 0 spiro atoms. The number of ether oxygens (including phenoxy) is 4. The monoisotopic (exact) mass is 437 g/mol. The summed E-state index contributed by atoms with van der Waals surface area (Å²) in [6.45, 7) is 4.52. The third-order valence-electron chi connectivity index (χ3n) is 7.09. The van der Waals surface area contributed by atoms with E-state index in [1.807, 2.05) is 0 Å². The first-order chi connectivity index (χ1) is 15.8. The summed E-state index contributed by atoms with van der Waals surface area (Å²) in [7, 11) is 0. The molecule has 0 atom stereocenters. The molecule has 2 aromatic rings. The Balaban J connectivity index is 1.16. The Kier molecular flexibility index (Phi) is 7.02. The highest BCUT2D eigenvalue weighted by molar-refractivity contribution is 5.45. The third kappa shape index (κ3) is 5.50. The summed E-state index contributed by atoms with van der Waals surface area (Å²) in [5.41, 5.74) is 2.69. The molecule has 0 radical (unpaired) electrons. The van der Waals surface area contributed by atoms with E-state index in [0.29, 0.717) is 13.6 Å². The lowest BCUT2D eigenvalue weighted by molar-refractivity contribution is 0.173. The predicted octanol–water partition coefficient (Wildman–Crippen LogP) is 5.59. The molecule has 3 aliphatic heterocycles. The molecule has 1 fully saturated rings. The summed E-state index contributed by atoms with van der Waals surface area (Å²) < 4.78 is 22.1. The Morgan fingerprint density at radius 3 is 1.81 bits per heavy atom. The number of likely N-dealkylation sites (tertiary alicyclic amines) is 1. The lowest BCUT2D eigenvalue weighted by Gasteiger charge is -2.27. The lowest BCUT2D eigenvalue weighted by atomic mass is 9.89. The maximum absolute atomic E-state index is 5.57. The van der Waals surface area contributed by atoms with Crippen LogP contribution in [0.2, 0.25) is 0 Å². The fourth-order valence-corrected chi connectivity index (χ4v) is 5.15. The number of rotatable bonds is 10. The number of aryl methyl sites for hydroxylation is 2. The Morgan fingerprint density at radius 1 is 0.656 bits per heavy atom. The summed E-state index contributed by atoms with van der Waals surface area (Å²) in [4.78, 5) is 2.66. The van der Waals surface area contributed by atoms with E-state index in [0.717, 1.165) is 41.8 Å². The van der Waals surface area contributed by atoms with Gasteiger partial charge >= 0.3 is 0 Å². The molecule has 2 aromatic carbocycles. The maximum Gasteiger partial charge on any atom is 0.231 e. The van der Waals surface area contributed by atoms with Gasteiger partial charge in [0.25, 0.3) is 0 Å². The van der Waals surface area contributed by atoms with E-state index in [2.05, 4.69) is 41.3 Å². The summed E-state index contributed by atoms with van der Waals surface area (Å²) >= 11 is 0. The molecule has 0 aromatic heterocycles. The topological polar surface area (TPSA) is 40.2 Å². The highest BCUT2D eigenvalue weighted by Gasteiger charge is 2.17. The van der Waals surface area contributed by atoms with E-state index in [9.17, 15) is 0 Å². The van der Waals surface area contributed by atoms with Crippen LogP contribution in [0.25, 0.3) is 0 Å². The first-order valence-corrected chi connectivity index (χ1v) is 12.3. The highest BCUT2D eigenvalue weighted by Crippen LogP contribution is 2.35. The van der Waals surface area contributed by atoms with Crippen LogP contribution in [0.15, 0.2) is 36.4 Å². The van der Waals surface area contributed by atoms with Crippen molar-refractivity contribution in [1.29, 1.82) is 0 Å². The van der Waals surface area contributed by atoms with Crippen LogP contribution >= 0.6 is 0 Å².